The van der Waals surface area contributed by atoms with Crippen molar-refractivity contribution in [2.45, 2.75) is 25.1 Å². The summed E-state index contributed by atoms with van der Waals surface area (Å²) in [5.74, 6) is 0.247. The van der Waals surface area contributed by atoms with E-state index in [2.05, 4.69) is 5.32 Å². The van der Waals surface area contributed by atoms with Crippen molar-refractivity contribution in [1.82, 2.24) is 5.32 Å². The van der Waals surface area contributed by atoms with E-state index in [0.29, 0.717) is 28.5 Å². The van der Waals surface area contributed by atoms with Gasteiger partial charge in [0.05, 0.1) is 11.0 Å². The third kappa shape index (κ3) is 2.49. The van der Waals surface area contributed by atoms with Crippen molar-refractivity contribution in [3.05, 3.63) is 64.0 Å². The predicted octanol–water partition coefficient (Wildman–Crippen LogP) is 3.67. The van der Waals surface area contributed by atoms with E-state index in [0.717, 1.165) is 0 Å². The molecule has 128 valence electrons. The summed E-state index contributed by atoms with van der Waals surface area (Å²) >= 11 is 5.49. The molecular formula is C17H14FN3O3S. The average molecular weight is 359 g/mol. The summed E-state index contributed by atoms with van der Waals surface area (Å²) in [5.41, 5.74) is 0.672. The molecule has 2 aliphatic heterocycles. The number of nitrogens with zero attached hydrogens (tertiary/aromatic N) is 2. The Morgan fingerprint density at radius 2 is 2.08 bits per heavy atom. The smallest absolute Gasteiger partial charge is 0.270 e. The third-order valence-corrected chi connectivity index (χ3v) is 4.85. The molecule has 2 aromatic rings. The van der Waals surface area contributed by atoms with Crippen molar-refractivity contribution in [1.29, 1.82) is 0 Å². The number of anilines is 1. The molecule has 2 aromatic carbocycles. The summed E-state index contributed by atoms with van der Waals surface area (Å²) in [6, 6.07) is 10.4. The summed E-state index contributed by atoms with van der Waals surface area (Å²) in [6.45, 7) is 1.90. The minimum absolute atomic E-state index is 0.0136. The van der Waals surface area contributed by atoms with Crippen molar-refractivity contribution in [3.63, 3.8) is 0 Å². The van der Waals surface area contributed by atoms with E-state index in [-0.39, 0.29) is 17.5 Å². The fourth-order valence-corrected chi connectivity index (χ4v) is 3.90. The van der Waals surface area contributed by atoms with Gasteiger partial charge in [0, 0.05) is 29.8 Å². The number of nitrogens with one attached hydrogen (secondary N) is 1. The summed E-state index contributed by atoms with van der Waals surface area (Å²) in [5, 5.41) is 14.7. The first-order valence-corrected chi connectivity index (χ1v) is 8.12. The molecule has 2 atom stereocenters. The van der Waals surface area contributed by atoms with Crippen LogP contribution in [0, 0.1) is 15.9 Å². The molecule has 2 aliphatic rings. The number of non-ortho nitro benzene ring substituents is 1. The average Bonchev–Trinajstić information content (AvgIpc) is 2.55. The van der Waals surface area contributed by atoms with Gasteiger partial charge in [-0.2, -0.15) is 0 Å². The maximum atomic E-state index is 13.2. The number of hydrogen-bond acceptors (Lipinski definition) is 4. The van der Waals surface area contributed by atoms with Gasteiger partial charge in [0.25, 0.3) is 5.69 Å². The zero-order valence-electron chi connectivity index (χ0n) is 13.2. The number of benzene rings is 2. The zero-order chi connectivity index (χ0) is 17.8. The van der Waals surface area contributed by atoms with Crippen molar-refractivity contribution in [2.75, 3.05) is 4.90 Å². The molecule has 0 aromatic heterocycles. The molecule has 1 fully saturated rings. The minimum atomic E-state index is -0.770. The highest BCUT2D eigenvalue weighted by atomic mass is 32.1. The molecule has 25 heavy (non-hydrogen) atoms. The van der Waals surface area contributed by atoms with Gasteiger partial charge in [0.1, 0.15) is 11.6 Å². The van der Waals surface area contributed by atoms with Gasteiger partial charge >= 0.3 is 0 Å². The molecule has 0 radical (unpaired) electrons. The van der Waals surface area contributed by atoms with Crippen molar-refractivity contribution < 1.29 is 14.1 Å². The number of fused-ring (bicyclic) bond motifs is 4. The van der Waals surface area contributed by atoms with E-state index in [1.54, 1.807) is 18.2 Å². The monoisotopic (exact) mass is 359 g/mol. The lowest BCUT2D eigenvalue weighted by Gasteiger charge is -2.52. The highest BCUT2D eigenvalue weighted by Crippen LogP contribution is 2.46. The second-order valence-electron chi connectivity index (χ2n) is 6.27. The molecule has 1 N–H and O–H groups in total. The molecule has 0 spiro atoms. The molecule has 2 unspecified atom stereocenters. The molecule has 0 saturated carbocycles. The third-order valence-electron chi connectivity index (χ3n) is 4.55. The van der Waals surface area contributed by atoms with Crippen molar-refractivity contribution in [2.24, 2.45) is 0 Å². The topological polar surface area (TPSA) is 67.6 Å². The zero-order valence-corrected chi connectivity index (χ0v) is 14.0. The highest BCUT2D eigenvalue weighted by molar-refractivity contribution is 7.80. The van der Waals surface area contributed by atoms with Crippen LogP contribution in [-0.4, -0.2) is 15.8 Å². The van der Waals surface area contributed by atoms with E-state index in [1.165, 1.54) is 24.3 Å². The molecule has 4 rings (SSSR count). The van der Waals surface area contributed by atoms with Gasteiger partial charge in [-0.25, -0.2) is 4.39 Å². The number of ether oxygens (including phenoxy) is 1. The van der Waals surface area contributed by atoms with Crippen LogP contribution in [0.3, 0.4) is 0 Å². The lowest BCUT2D eigenvalue weighted by Crippen LogP contribution is -2.65. The standard InChI is InChI=1S/C17H14FN3O3S/c1-17-9-14(13-8-12(21(22)23)6-7-15(13)24-17)19-16(25)20(17)11-4-2-10(18)3-5-11/h2-8,14H,9H2,1H3,(H,19,25). The molecule has 0 aliphatic carbocycles. The number of nitro groups is 1. The maximum Gasteiger partial charge on any atom is 0.270 e. The van der Waals surface area contributed by atoms with E-state index >= 15 is 0 Å². The Balaban J connectivity index is 1.77. The van der Waals surface area contributed by atoms with Crippen molar-refractivity contribution in [3.8, 4) is 5.75 Å². The van der Waals surface area contributed by atoms with Crippen LogP contribution in [0.1, 0.15) is 24.9 Å². The summed E-state index contributed by atoms with van der Waals surface area (Å²) in [4.78, 5) is 12.4. The number of halogens is 1. The first-order valence-electron chi connectivity index (χ1n) is 7.71. The van der Waals surface area contributed by atoms with Gasteiger partial charge in [0.2, 0.25) is 0 Å². The van der Waals surface area contributed by atoms with Crippen LogP contribution in [0.5, 0.6) is 5.75 Å². The van der Waals surface area contributed by atoms with Crippen LogP contribution in [0.4, 0.5) is 15.8 Å². The molecule has 1 saturated heterocycles. The largest absolute Gasteiger partial charge is 0.467 e. The van der Waals surface area contributed by atoms with Crippen LogP contribution in [-0.2, 0) is 0 Å². The SMILES string of the molecule is CC12CC(NC(=S)N1c1ccc(F)cc1)c1cc([N+](=O)[O-])ccc1O2. The summed E-state index contributed by atoms with van der Waals surface area (Å²) in [6.07, 6.45) is 0.540. The second kappa shape index (κ2) is 5.38. The van der Waals surface area contributed by atoms with E-state index in [4.69, 9.17) is 17.0 Å². The lowest BCUT2D eigenvalue weighted by molar-refractivity contribution is -0.385. The predicted molar refractivity (Wildman–Crippen MR) is 94.1 cm³/mol. The number of rotatable bonds is 2. The second-order valence-corrected chi connectivity index (χ2v) is 6.66. The van der Waals surface area contributed by atoms with Gasteiger partial charge in [-0.05, 0) is 49.5 Å². The Labute approximate surface area is 148 Å². The minimum Gasteiger partial charge on any atom is -0.467 e. The Kier molecular flexibility index (Phi) is 3.40. The molecule has 6 nitrogen and oxygen atoms in total. The van der Waals surface area contributed by atoms with Gasteiger partial charge < -0.3 is 10.1 Å². The summed E-state index contributed by atoms with van der Waals surface area (Å²) in [7, 11) is 0. The molecular weight excluding hydrogens is 345 g/mol. The fraction of sp³-hybridized carbons (Fsp3) is 0.235. The molecule has 2 heterocycles. The van der Waals surface area contributed by atoms with Gasteiger partial charge in [-0.1, -0.05) is 0 Å². The quantitative estimate of drug-likeness (QED) is 0.501. The van der Waals surface area contributed by atoms with Crippen LogP contribution in [0.15, 0.2) is 42.5 Å². The number of hydrogen-bond donors (Lipinski definition) is 1. The first-order chi connectivity index (χ1) is 11.9. The summed E-state index contributed by atoms with van der Waals surface area (Å²) < 4.78 is 19.4. The maximum absolute atomic E-state index is 13.2. The Bertz CT molecular complexity index is 889. The van der Waals surface area contributed by atoms with Gasteiger partial charge in [-0.15, -0.1) is 0 Å². The Hall–Kier alpha value is -2.74. The van der Waals surface area contributed by atoms with Crippen LogP contribution in [0.25, 0.3) is 0 Å². The van der Waals surface area contributed by atoms with Gasteiger partial charge in [0.15, 0.2) is 10.8 Å². The Morgan fingerprint density at radius 1 is 1.36 bits per heavy atom. The molecule has 2 bridgehead atoms. The van der Waals surface area contributed by atoms with Crippen LogP contribution < -0.4 is 15.0 Å². The lowest BCUT2D eigenvalue weighted by atomic mass is 9.90. The molecule has 8 heteroatoms. The van der Waals surface area contributed by atoms with Crippen molar-refractivity contribution >= 4 is 28.7 Å². The molecule has 0 amide bonds. The normalized spacial score (nSPS) is 24.2. The number of thiocarbonyl (C=S) groups is 1. The van der Waals surface area contributed by atoms with E-state index in [9.17, 15) is 14.5 Å². The fourth-order valence-electron chi connectivity index (χ4n) is 3.46. The van der Waals surface area contributed by atoms with Crippen LogP contribution in [0.2, 0.25) is 0 Å². The van der Waals surface area contributed by atoms with E-state index < -0.39 is 10.6 Å². The number of nitro benzene ring substituents is 1. The van der Waals surface area contributed by atoms with Gasteiger partial charge in [-0.3, -0.25) is 15.0 Å². The van der Waals surface area contributed by atoms with Crippen LogP contribution >= 0.6 is 12.2 Å². The van der Waals surface area contributed by atoms with E-state index in [1.807, 2.05) is 11.8 Å². The Morgan fingerprint density at radius 3 is 2.76 bits per heavy atom. The first kappa shape index (κ1) is 15.8. The highest BCUT2D eigenvalue weighted by Gasteiger charge is 2.48.